The molecule has 0 radical (unpaired) electrons. The number of hydrogen-bond donors (Lipinski definition) is 3. The van der Waals surface area contributed by atoms with Crippen LogP contribution in [0.25, 0.3) is 0 Å². The zero-order chi connectivity index (χ0) is 12.8. The molecular formula is C12H17NO4. The highest BCUT2D eigenvalue weighted by atomic mass is 16.5. The van der Waals surface area contributed by atoms with Crippen molar-refractivity contribution in [2.75, 3.05) is 6.61 Å². The highest BCUT2D eigenvalue weighted by Gasteiger charge is 2.10. The van der Waals surface area contributed by atoms with Crippen LogP contribution in [-0.2, 0) is 4.79 Å². The number of carbonyl (C=O) groups is 1. The molecule has 1 aromatic rings. The summed E-state index contributed by atoms with van der Waals surface area (Å²) in [5, 5.41) is 18.3. The Morgan fingerprint density at radius 3 is 2.76 bits per heavy atom. The Morgan fingerprint density at radius 1 is 1.53 bits per heavy atom. The summed E-state index contributed by atoms with van der Waals surface area (Å²) in [5.74, 6) is -0.481. The van der Waals surface area contributed by atoms with E-state index < -0.39 is 5.97 Å². The number of hydrogen-bond acceptors (Lipinski definition) is 5. The standard InChI is InChI=1S/C12H17NO4/c1-8(15)17-12-5-4-9(7-11(12)16)10(13)3-2-6-14/h4-5,7,10,14,16H,2-3,6,13H2,1H3/t10-/m0/s1. The minimum absolute atomic E-state index is 0.0885. The van der Waals surface area contributed by atoms with Gasteiger partial charge in [0.25, 0.3) is 0 Å². The molecule has 0 aliphatic rings. The Balaban J connectivity index is 2.77. The first-order valence-corrected chi connectivity index (χ1v) is 5.42. The van der Waals surface area contributed by atoms with E-state index in [4.69, 9.17) is 15.6 Å². The van der Waals surface area contributed by atoms with Crippen LogP contribution in [-0.4, -0.2) is 22.8 Å². The van der Waals surface area contributed by atoms with Gasteiger partial charge in [0.05, 0.1) is 0 Å². The number of ether oxygens (including phenoxy) is 1. The third-order valence-corrected chi connectivity index (χ3v) is 2.34. The van der Waals surface area contributed by atoms with Crippen LogP contribution in [0.15, 0.2) is 18.2 Å². The molecule has 1 rings (SSSR count). The third kappa shape index (κ3) is 4.05. The van der Waals surface area contributed by atoms with Gasteiger partial charge in [0.1, 0.15) is 0 Å². The molecule has 0 spiro atoms. The molecule has 0 aromatic heterocycles. The molecule has 94 valence electrons. The molecule has 0 saturated heterocycles. The summed E-state index contributed by atoms with van der Waals surface area (Å²) in [5.41, 5.74) is 6.61. The van der Waals surface area contributed by atoms with Crippen molar-refractivity contribution in [3.8, 4) is 11.5 Å². The molecular weight excluding hydrogens is 222 g/mol. The predicted octanol–water partition coefficient (Wildman–Crippen LogP) is 1.09. The summed E-state index contributed by atoms with van der Waals surface area (Å²) in [4.78, 5) is 10.7. The summed E-state index contributed by atoms with van der Waals surface area (Å²) in [7, 11) is 0. The second kappa shape index (κ2) is 6.22. The quantitative estimate of drug-likeness (QED) is 0.528. The molecule has 5 heteroatoms. The lowest BCUT2D eigenvalue weighted by Crippen LogP contribution is -2.11. The molecule has 0 fully saturated rings. The molecule has 5 nitrogen and oxygen atoms in total. The van der Waals surface area contributed by atoms with Gasteiger partial charge in [-0.15, -0.1) is 0 Å². The van der Waals surface area contributed by atoms with Gasteiger partial charge in [0.15, 0.2) is 11.5 Å². The lowest BCUT2D eigenvalue weighted by molar-refractivity contribution is -0.132. The molecule has 1 atom stereocenters. The van der Waals surface area contributed by atoms with Crippen LogP contribution in [0, 0.1) is 0 Å². The van der Waals surface area contributed by atoms with E-state index in [2.05, 4.69) is 0 Å². The van der Waals surface area contributed by atoms with Crippen molar-refractivity contribution in [3.05, 3.63) is 23.8 Å². The van der Waals surface area contributed by atoms with E-state index in [1.54, 1.807) is 6.07 Å². The van der Waals surface area contributed by atoms with Crippen molar-refractivity contribution in [2.45, 2.75) is 25.8 Å². The van der Waals surface area contributed by atoms with E-state index in [0.29, 0.717) is 12.8 Å². The van der Waals surface area contributed by atoms with Crippen molar-refractivity contribution in [2.24, 2.45) is 5.73 Å². The average molecular weight is 239 g/mol. The Hall–Kier alpha value is -1.59. The van der Waals surface area contributed by atoms with Gasteiger partial charge in [-0.1, -0.05) is 6.07 Å². The van der Waals surface area contributed by atoms with Gasteiger partial charge in [-0.25, -0.2) is 0 Å². The van der Waals surface area contributed by atoms with E-state index in [0.717, 1.165) is 5.56 Å². The van der Waals surface area contributed by atoms with E-state index >= 15 is 0 Å². The highest BCUT2D eigenvalue weighted by molar-refractivity contribution is 5.70. The molecule has 0 heterocycles. The van der Waals surface area contributed by atoms with Gasteiger partial charge in [-0.2, -0.15) is 0 Å². The molecule has 0 bridgehead atoms. The lowest BCUT2D eigenvalue weighted by atomic mass is 10.0. The average Bonchev–Trinajstić information content (AvgIpc) is 2.28. The van der Waals surface area contributed by atoms with Gasteiger partial charge >= 0.3 is 5.97 Å². The Bertz CT molecular complexity index is 392. The second-order valence-corrected chi connectivity index (χ2v) is 3.79. The van der Waals surface area contributed by atoms with Crippen LogP contribution in [0.4, 0.5) is 0 Å². The van der Waals surface area contributed by atoms with E-state index in [9.17, 15) is 9.90 Å². The summed E-state index contributed by atoms with van der Waals surface area (Å²) in [6, 6.07) is 4.42. The molecule has 1 aromatic carbocycles. The maximum atomic E-state index is 10.7. The number of phenols is 1. The van der Waals surface area contributed by atoms with Crippen molar-refractivity contribution >= 4 is 5.97 Å². The fourth-order valence-corrected chi connectivity index (χ4v) is 1.48. The largest absolute Gasteiger partial charge is 0.504 e. The number of aliphatic hydroxyl groups excluding tert-OH is 1. The van der Waals surface area contributed by atoms with Crippen molar-refractivity contribution in [1.29, 1.82) is 0 Å². The number of phenolic OH excluding ortho intramolecular Hbond substituents is 1. The normalized spacial score (nSPS) is 12.2. The van der Waals surface area contributed by atoms with Gasteiger partial charge < -0.3 is 20.7 Å². The minimum Gasteiger partial charge on any atom is -0.504 e. The molecule has 0 amide bonds. The lowest BCUT2D eigenvalue weighted by Gasteiger charge is -2.12. The fourth-order valence-electron chi connectivity index (χ4n) is 1.48. The monoisotopic (exact) mass is 239 g/mol. The number of benzene rings is 1. The first kappa shape index (κ1) is 13.5. The van der Waals surface area contributed by atoms with E-state index in [1.807, 2.05) is 0 Å². The molecule has 17 heavy (non-hydrogen) atoms. The first-order valence-electron chi connectivity index (χ1n) is 5.42. The van der Waals surface area contributed by atoms with Crippen molar-refractivity contribution < 1.29 is 19.7 Å². The molecule has 0 unspecified atom stereocenters. The second-order valence-electron chi connectivity index (χ2n) is 3.79. The Labute approximate surface area is 99.8 Å². The fraction of sp³-hybridized carbons (Fsp3) is 0.417. The number of rotatable bonds is 5. The zero-order valence-electron chi connectivity index (χ0n) is 9.72. The maximum Gasteiger partial charge on any atom is 0.308 e. The van der Waals surface area contributed by atoms with Crippen LogP contribution >= 0.6 is 0 Å². The molecule has 0 aliphatic carbocycles. The van der Waals surface area contributed by atoms with E-state index in [-0.39, 0.29) is 24.1 Å². The number of nitrogens with two attached hydrogens (primary N) is 1. The number of esters is 1. The first-order chi connectivity index (χ1) is 8.04. The van der Waals surface area contributed by atoms with E-state index in [1.165, 1.54) is 19.1 Å². The van der Waals surface area contributed by atoms with Crippen LogP contribution in [0.5, 0.6) is 11.5 Å². The molecule has 0 aliphatic heterocycles. The third-order valence-electron chi connectivity index (χ3n) is 2.34. The Morgan fingerprint density at radius 2 is 2.24 bits per heavy atom. The van der Waals surface area contributed by atoms with Gasteiger partial charge in [-0.3, -0.25) is 4.79 Å². The van der Waals surface area contributed by atoms with Crippen molar-refractivity contribution in [1.82, 2.24) is 0 Å². The number of carbonyl (C=O) groups excluding carboxylic acids is 1. The SMILES string of the molecule is CC(=O)Oc1ccc([C@@H](N)CCCO)cc1O. The summed E-state index contributed by atoms with van der Waals surface area (Å²) in [6.45, 7) is 1.35. The smallest absolute Gasteiger partial charge is 0.308 e. The maximum absolute atomic E-state index is 10.7. The number of aliphatic hydroxyl groups is 1. The van der Waals surface area contributed by atoms with Crippen molar-refractivity contribution in [3.63, 3.8) is 0 Å². The zero-order valence-corrected chi connectivity index (χ0v) is 9.72. The van der Waals surface area contributed by atoms with Gasteiger partial charge in [0.2, 0.25) is 0 Å². The summed E-state index contributed by atoms with van der Waals surface area (Å²) in [6.07, 6.45) is 1.23. The van der Waals surface area contributed by atoms with Crippen LogP contribution in [0.2, 0.25) is 0 Å². The highest BCUT2D eigenvalue weighted by Crippen LogP contribution is 2.29. The van der Waals surface area contributed by atoms with Crippen LogP contribution < -0.4 is 10.5 Å². The van der Waals surface area contributed by atoms with Gasteiger partial charge in [-0.05, 0) is 30.5 Å². The van der Waals surface area contributed by atoms with Crippen LogP contribution in [0.1, 0.15) is 31.4 Å². The Kier molecular flexibility index (Phi) is 4.93. The topological polar surface area (TPSA) is 92.8 Å². The van der Waals surface area contributed by atoms with Crippen LogP contribution in [0.3, 0.4) is 0 Å². The minimum atomic E-state index is -0.488. The summed E-state index contributed by atoms with van der Waals surface area (Å²) < 4.78 is 4.79. The molecule has 0 saturated carbocycles. The predicted molar refractivity (Wildman–Crippen MR) is 62.7 cm³/mol. The summed E-state index contributed by atoms with van der Waals surface area (Å²) >= 11 is 0. The van der Waals surface area contributed by atoms with Gasteiger partial charge in [0, 0.05) is 19.6 Å². The molecule has 4 N–H and O–H groups in total. The number of aromatic hydroxyl groups is 1.